The first-order valence-corrected chi connectivity index (χ1v) is 8.61. The van der Waals surface area contributed by atoms with E-state index < -0.39 is 5.24 Å². The zero-order valence-corrected chi connectivity index (χ0v) is 15.3. The van der Waals surface area contributed by atoms with Crippen molar-refractivity contribution < 1.29 is 14.3 Å². The second kappa shape index (κ2) is 8.40. The molecule has 1 fully saturated rings. The number of ether oxygens (including phenoxy) is 1. The fraction of sp³-hybridized carbons (Fsp3) is 0.375. The van der Waals surface area contributed by atoms with Gasteiger partial charge in [-0.1, -0.05) is 30.8 Å². The van der Waals surface area contributed by atoms with Crippen LogP contribution in [-0.2, 0) is 4.79 Å². The van der Waals surface area contributed by atoms with Gasteiger partial charge in [-0.25, -0.2) is 0 Å². The van der Waals surface area contributed by atoms with Crippen molar-refractivity contribution in [2.75, 3.05) is 20.2 Å². The second-order valence-electron chi connectivity index (χ2n) is 5.17. The highest BCUT2D eigenvalue weighted by atomic mass is 79.9. The molecule has 0 unspecified atom stereocenters. The average molecular weight is 399 g/mol. The van der Waals surface area contributed by atoms with Gasteiger partial charge in [-0.15, -0.1) is 0 Å². The van der Waals surface area contributed by atoms with Crippen LogP contribution in [0.2, 0.25) is 0 Å². The minimum atomic E-state index is -0.586. The number of carbonyl (C=O) groups is 2. The van der Waals surface area contributed by atoms with Crippen molar-refractivity contribution in [3.8, 4) is 5.75 Å². The van der Waals surface area contributed by atoms with Crippen LogP contribution < -0.4 is 10.1 Å². The zero-order valence-electron chi connectivity index (χ0n) is 12.8. The van der Waals surface area contributed by atoms with E-state index in [2.05, 4.69) is 33.9 Å². The van der Waals surface area contributed by atoms with Crippen molar-refractivity contribution in [3.63, 3.8) is 0 Å². The quantitative estimate of drug-likeness (QED) is 0.603. The van der Waals surface area contributed by atoms with E-state index in [4.69, 9.17) is 4.74 Å². The molecule has 1 aromatic carbocycles. The molecule has 0 aliphatic carbocycles. The number of benzene rings is 1. The Bertz CT molecular complexity index is 628. The Morgan fingerprint density at radius 3 is 2.48 bits per heavy atom. The van der Waals surface area contributed by atoms with Crippen LogP contribution in [0.5, 0.6) is 5.75 Å². The predicted molar refractivity (Wildman–Crippen MR) is 96.8 cm³/mol. The lowest BCUT2D eigenvalue weighted by atomic mass is 10.1. The summed E-state index contributed by atoms with van der Waals surface area (Å²) >= 11 is 7.19. The minimum absolute atomic E-state index is 0.177. The number of thiol groups is 1. The van der Waals surface area contributed by atoms with Gasteiger partial charge in [0.25, 0.3) is 11.1 Å². The Labute approximate surface area is 149 Å². The van der Waals surface area contributed by atoms with Crippen molar-refractivity contribution in [1.29, 1.82) is 0 Å². The molecule has 7 heteroatoms. The summed E-state index contributed by atoms with van der Waals surface area (Å²) in [6.45, 7) is 1.38. The maximum absolute atomic E-state index is 12.8. The highest BCUT2D eigenvalue weighted by molar-refractivity contribution is 9.15. The number of likely N-dealkylation sites (tertiary alicyclic amines) is 1. The number of nitrogens with one attached hydrogen (secondary N) is 1. The molecule has 1 saturated heterocycles. The average Bonchev–Trinajstić information content (AvgIpc) is 2.59. The van der Waals surface area contributed by atoms with Gasteiger partial charge in [0.15, 0.2) is 0 Å². The van der Waals surface area contributed by atoms with Crippen LogP contribution in [0, 0.1) is 0 Å². The largest absolute Gasteiger partial charge is 0.496 e. The van der Waals surface area contributed by atoms with Gasteiger partial charge in [-0.3, -0.25) is 9.59 Å². The van der Waals surface area contributed by atoms with Gasteiger partial charge in [0.05, 0.1) is 11.6 Å². The van der Waals surface area contributed by atoms with E-state index in [0.29, 0.717) is 28.9 Å². The lowest BCUT2D eigenvalue weighted by molar-refractivity contribution is -0.128. The summed E-state index contributed by atoms with van der Waals surface area (Å²) < 4.78 is 5.81. The zero-order chi connectivity index (χ0) is 16.8. The first-order chi connectivity index (χ1) is 11.0. The lowest BCUT2D eigenvalue weighted by Crippen LogP contribution is -2.40. The molecule has 0 radical (unpaired) electrons. The normalized spacial score (nSPS) is 15.7. The third kappa shape index (κ3) is 4.51. The molecule has 23 heavy (non-hydrogen) atoms. The van der Waals surface area contributed by atoms with Gasteiger partial charge >= 0.3 is 0 Å². The highest BCUT2D eigenvalue weighted by Gasteiger charge is 2.25. The fourth-order valence-corrected chi connectivity index (χ4v) is 3.23. The summed E-state index contributed by atoms with van der Waals surface area (Å²) in [5.74, 6) is 0.390. The fourth-order valence-electron chi connectivity index (χ4n) is 2.52. The third-order valence-corrected chi connectivity index (χ3v) is 4.59. The Kier molecular flexibility index (Phi) is 6.53. The smallest absolute Gasteiger partial charge is 0.280 e. The minimum Gasteiger partial charge on any atom is -0.496 e. The summed E-state index contributed by atoms with van der Waals surface area (Å²) in [6.07, 6.45) is 3.07. The molecule has 0 saturated carbocycles. The summed E-state index contributed by atoms with van der Waals surface area (Å²) in [7, 11) is 1.56. The molecule has 2 amide bonds. The van der Waals surface area contributed by atoms with Crippen LogP contribution in [0.25, 0.3) is 4.48 Å². The Balaban J connectivity index is 2.42. The standard InChI is InChI=1S/C16H19BrN2O3S/c1-22-12-8-4-3-7-11(12)13(17)14(18-16(21)23)15(20)19-9-5-2-6-10-19/h3-4,7-8H,2,5-6,9-10H2,1H3,(H2,18,21,23)/b14-13-. The van der Waals surface area contributed by atoms with E-state index in [0.717, 1.165) is 19.3 Å². The maximum Gasteiger partial charge on any atom is 0.280 e. The van der Waals surface area contributed by atoms with E-state index in [1.54, 1.807) is 18.1 Å². The molecule has 0 atom stereocenters. The first kappa shape index (κ1) is 17.9. The number of methoxy groups -OCH3 is 1. The lowest BCUT2D eigenvalue weighted by Gasteiger charge is -2.28. The van der Waals surface area contributed by atoms with Crippen LogP contribution >= 0.6 is 28.6 Å². The molecule has 1 aliphatic heterocycles. The molecule has 0 bridgehead atoms. The molecule has 0 spiro atoms. The van der Waals surface area contributed by atoms with E-state index in [1.165, 1.54) is 0 Å². The van der Waals surface area contributed by atoms with Crippen molar-refractivity contribution in [2.45, 2.75) is 19.3 Å². The predicted octanol–water partition coefficient (Wildman–Crippen LogP) is 3.41. The van der Waals surface area contributed by atoms with E-state index in [9.17, 15) is 9.59 Å². The summed E-state index contributed by atoms with van der Waals surface area (Å²) in [4.78, 5) is 26.0. The molecule has 0 aromatic heterocycles. The second-order valence-corrected chi connectivity index (χ2v) is 6.37. The first-order valence-electron chi connectivity index (χ1n) is 7.37. The van der Waals surface area contributed by atoms with Gasteiger partial charge in [0.1, 0.15) is 11.4 Å². The molecule has 1 aromatic rings. The van der Waals surface area contributed by atoms with Crippen LogP contribution in [0.15, 0.2) is 30.0 Å². The number of para-hydroxylation sites is 1. The Hall–Kier alpha value is -1.47. The molecular formula is C16H19BrN2O3S. The van der Waals surface area contributed by atoms with Crippen LogP contribution in [0.1, 0.15) is 24.8 Å². The number of nitrogens with zero attached hydrogens (tertiary/aromatic N) is 1. The number of halogens is 1. The van der Waals surface area contributed by atoms with Gasteiger partial charge < -0.3 is 15.0 Å². The summed E-state index contributed by atoms with van der Waals surface area (Å²) in [6, 6.07) is 7.29. The number of hydrogen-bond acceptors (Lipinski definition) is 3. The van der Waals surface area contributed by atoms with Gasteiger partial charge in [0, 0.05) is 18.7 Å². The van der Waals surface area contributed by atoms with Crippen molar-refractivity contribution in [3.05, 3.63) is 35.5 Å². The number of rotatable bonds is 4. The Morgan fingerprint density at radius 2 is 1.87 bits per heavy atom. The van der Waals surface area contributed by atoms with Crippen LogP contribution in [-0.4, -0.2) is 36.2 Å². The third-order valence-electron chi connectivity index (χ3n) is 3.65. The number of amides is 2. The molecule has 124 valence electrons. The number of carbonyl (C=O) groups excluding carboxylic acids is 2. The highest BCUT2D eigenvalue weighted by Crippen LogP contribution is 2.32. The molecule has 1 aliphatic rings. The maximum atomic E-state index is 12.8. The SMILES string of the molecule is COc1ccccc1/C(Br)=C(/NC(=O)S)C(=O)N1CCCCC1. The monoisotopic (exact) mass is 398 g/mol. The molecule has 1 heterocycles. The van der Waals surface area contributed by atoms with Crippen molar-refractivity contribution in [1.82, 2.24) is 10.2 Å². The number of piperidine rings is 1. The van der Waals surface area contributed by atoms with Gasteiger partial charge in [-0.05, 0) is 41.3 Å². The molecule has 2 rings (SSSR count). The van der Waals surface area contributed by atoms with E-state index >= 15 is 0 Å². The van der Waals surface area contributed by atoms with Gasteiger partial charge in [0.2, 0.25) is 0 Å². The van der Waals surface area contributed by atoms with E-state index in [-0.39, 0.29) is 11.6 Å². The van der Waals surface area contributed by atoms with Crippen molar-refractivity contribution >= 4 is 44.2 Å². The molecule has 5 nitrogen and oxygen atoms in total. The number of hydrogen-bond donors (Lipinski definition) is 2. The Morgan fingerprint density at radius 1 is 1.22 bits per heavy atom. The summed E-state index contributed by atoms with van der Waals surface area (Å²) in [5.41, 5.74) is 0.869. The molecule has 1 N–H and O–H groups in total. The van der Waals surface area contributed by atoms with Crippen molar-refractivity contribution in [2.24, 2.45) is 0 Å². The van der Waals surface area contributed by atoms with Crippen LogP contribution in [0.3, 0.4) is 0 Å². The molecular weight excluding hydrogens is 380 g/mol. The van der Waals surface area contributed by atoms with E-state index in [1.807, 2.05) is 18.2 Å². The topological polar surface area (TPSA) is 58.6 Å². The summed E-state index contributed by atoms with van der Waals surface area (Å²) in [5, 5.41) is 1.95. The van der Waals surface area contributed by atoms with Crippen LogP contribution in [0.4, 0.5) is 4.79 Å². The van der Waals surface area contributed by atoms with Gasteiger partial charge in [-0.2, -0.15) is 0 Å².